The van der Waals surface area contributed by atoms with Gasteiger partial charge >= 0.3 is 0 Å². The smallest absolute Gasteiger partial charge is 0.0791 e. The maximum Gasteiger partial charge on any atom is 0.0791 e. The summed E-state index contributed by atoms with van der Waals surface area (Å²) in [6.07, 6.45) is 0.879. The van der Waals surface area contributed by atoms with E-state index in [1.807, 2.05) is 0 Å². The Morgan fingerprint density at radius 1 is 1.18 bits per heavy atom. The number of rotatable bonds is 7. The Balaban J connectivity index is 3.90. The molecule has 0 aliphatic rings. The van der Waals surface area contributed by atoms with Crippen LogP contribution in [0.5, 0.6) is 0 Å². The predicted octanol–water partition coefficient (Wildman–Crippen LogP) is 2.10. The van der Waals surface area contributed by atoms with Gasteiger partial charge in [-0.15, -0.1) is 0 Å². The minimum absolute atomic E-state index is 0.0725. The molecule has 0 rings (SSSR count). The van der Waals surface area contributed by atoms with Crippen molar-refractivity contribution in [3.8, 4) is 0 Å². The van der Waals surface area contributed by atoms with Crippen LogP contribution >= 0.6 is 0 Å². The average Bonchev–Trinajstić information content (AvgIpc) is 2.12. The number of hydrogen-bond donors (Lipinski definition) is 2. The highest BCUT2D eigenvalue weighted by molar-refractivity contribution is 4.75. The Hall–Kier alpha value is -0.120. The van der Waals surface area contributed by atoms with E-state index >= 15 is 0 Å². The molecule has 0 aromatic heterocycles. The van der Waals surface area contributed by atoms with E-state index in [-0.39, 0.29) is 11.6 Å². The summed E-state index contributed by atoms with van der Waals surface area (Å²) < 4.78 is 0. The molecule has 0 saturated carbocycles. The molecule has 104 valence electrons. The number of aliphatic hydroxyl groups excluding tert-OH is 1. The summed E-state index contributed by atoms with van der Waals surface area (Å²) >= 11 is 0. The van der Waals surface area contributed by atoms with Gasteiger partial charge in [-0.1, -0.05) is 13.8 Å². The highest BCUT2D eigenvalue weighted by atomic mass is 16.3. The molecule has 2 unspecified atom stereocenters. The molecule has 17 heavy (non-hydrogen) atoms. The van der Waals surface area contributed by atoms with Crippen LogP contribution in [-0.4, -0.2) is 47.8 Å². The van der Waals surface area contributed by atoms with Gasteiger partial charge in [0.05, 0.1) is 6.10 Å². The number of aliphatic hydroxyl groups is 1. The van der Waals surface area contributed by atoms with Gasteiger partial charge in [0.25, 0.3) is 0 Å². The zero-order valence-electron chi connectivity index (χ0n) is 12.7. The molecule has 2 N–H and O–H groups in total. The zero-order valence-corrected chi connectivity index (χ0v) is 12.7. The number of nitrogens with one attached hydrogen (secondary N) is 1. The molecule has 0 aliphatic carbocycles. The molecule has 0 aromatic carbocycles. The maximum atomic E-state index is 9.96. The Kier molecular flexibility index (Phi) is 7.29. The highest BCUT2D eigenvalue weighted by Crippen LogP contribution is 2.10. The summed E-state index contributed by atoms with van der Waals surface area (Å²) in [5.41, 5.74) is 0.0725. The lowest BCUT2D eigenvalue weighted by Crippen LogP contribution is -2.45. The normalized spacial score (nSPS) is 16.6. The number of likely N-dealkylation sites (N-methyl/N-ethyl adjacent to an activating group) is 1. The van der Waals surface area contributed by atoms with E-state index in [2.05, 4.69) is 58.8 Å². The van der Waals surface area contributed by atoms with Crippen molar-refractivity contribution in [3.05, 3.63) is 0 Å². The summed E-state index contributed by atoms with van der Waals surface area (Å²) in [4.78, 5) is 2.25. The van der Waals surface area contributed by atoms with Crippen LogP contribution in [0.3, 0.4) is 0 Å². The second-order valence-electron chi connectivity index (χ2n) is 6.70. The Labute approximate surface area is 108 Å². The molecule has 0 saturated heterocycles. The summed E-state index contributed by atoms with van der Waals surface area (Å²) in [6.45, 7) is 14.4. The highest BCUT2D eigenvalue weighted by Gasteiger charge is 2.16. The Morgan fingerprint density at radius 2 is 1.71 bits per heavy atom. The fourth-order valence-corrected chi connectivity index (χ4v) is 1.86. The fourth-order valence-electron chi connectivity index (χ4n) is 1.86. The van der Waals surface area contributed by atoms with E-state index in [1.165, 1.54) is 6.42 Å². The standard InChI is InChI=1S/C14H32N2O/c1-11(2)8-12(3)16(7)10-13(17)9-15-14(4,5)6/h11-13,15,17H,8-10H2,1-7H3. The minimum atomic E-state index is -0.297. The first kappa shape index (κ1) is 16.9. The third-order valence-corrected chi connectivity index (χ3v) is 2.93. The van der Waals surface area contributed by atoms with Crippen molar-refractivity contribution in [1.29, 1.82) is 0 Å². The van der Waals surface area contributed by atoms with Crippen molar-refractivity contribution in [2.24, 2.45) is 5.92 Å². The second kappa shape index (κ2) is 7.34. The van der Waals surface area contributed by atoms with Gasteiger partial charge in [0.2, 0.25) is 0 Å². The van der Waals surface area contributed by atoms with E-state index < -0.39 is 0 Å². The molecule has 0 spiro atoms. The summed E-state index contributed by atoms with van der Waals surface area (Å²) in [5.74, 6) is 0.706. The van der Waals surface area contributed by atoms with Crippen LogP contribution in [0.1, 0.15) is 48.0 Å². The fraction of sp³-hybridized carbons (Fsp3) is 1.00. The van der Waals surface area contributed by atoms with E-state index in [1.54, 1.807) is 0 Å². The van der Waals surface area contributed by atoms with E-state index in [0.29, 0.717) is 18.5 Å². The van der Waals surface area contributed by atoms with Crippen LogP contribution in [0.4, 0.5) is 0 Å². The van der Waals surface area contributed by atoms with Crippen LogP contribution in [0.15, 0.2) is 0 Å². The molecule has 2 atom stereocenters. The first-order valence-electron chi connectivity index (χ1n) is 6.75. The lowest BCUT2D eigenvalue weighted by atomic mass is 10.0. The maximum absolute atomic E-state index is 9.96. The van der Waals surface area contributed by atoms with Crippen LogP contribution in [0.2, 0.25) is 0 Å². The van der Waals surface area contributed by atoms with Gasteiger partial charge in [0, 0.05) is 24.7 Å². The van der Waals surface area contributed by atoms with Crippen molar-refractivity contribution < 1.29 is 5.11 Å². The molecule has 0 bridgehead atoms. The lowest BCUT2D eigenvalue weighted by molar-refractivity contribution is 0.0958. The summed E-state index contributed by atoms with van der Waals surface area (Å²) in [7, 11) is 2.09. The third-order valence-electron chi connectivity index (χ3n) is 2.93. The van der Waals surface area contributed by atoms with Crippen LogP contribution in [0.25, 0.3) is 0 Å². The van der Waals surface area contributed by atoms with Crippen molar-refractivity contribution in [1.82, 2.24) is 10.2 Å². The molecule has 3 nitrogen and oxygen atoms in total. The Bertz CT molecular complexity index is 199. The first-order valence-corrected chi connectivity index (χ1v) is 6.75. The van der Waals surface area contributed by atoms with E-state index in [0.717, 1.165) is 6.54 Å². The SMILES string of the molecule is CC(C)CC(C)N(C)CC(O)CNC(C)(C)C. The predicted molar refractivity (Wildman–Crippen MR) is 75.3 cm³/mol. The molecule has 3 heteroatoms. The van der Waals surface area contributed by atoms with Gasteiger partial charge in [-0.3, -0.25) is 0 Å². The second-order valence-corrected chi connectivity index (χ2v) is 6.70. The van der Waals surface area contributed by atoms with Gasteiger partial charge < -0.3 is 15.3 Å². The molecular weight excluding hydrogens is 212 g/mol. The van der Waals surface area contributed by atoms with Crippen LogP contribution in [-0.2, 0) is 0 Å². The van der Waals surface area contributed by atoms with Gasteiger partial charge in [-0.25, -0.2) is 0 Å². The van der Waals surface area contributed by atoms with Gasteiger partial charge in [0.1, 0.15) is 0 Å². The Morgan fingerprint density at radius 3 is 2.12 bits per heavy atom. The summed E-state index contributed by atoms with van der Waals surface area (Å²) in [5, 5.41) is 13.3. The number of hydrogen-bond acceptors (Lipinski definition) is 3. The molecule has 0 heterocycles. The first-order chi connectivity index (χ1) is 7.61. The van der Waals surface area contributed by atoms with E-state index in [4.69, 9.17) is 0 Å². The minimum Gasteiger partial charge on any atom is -0.390 e. The number of β-amino-alcohol motifs (C(OH)–C–C–N with tert-alkyl or cyclic N) is 1. The average molecular weight is 244 g/mol. The molecule has 0 aliphatic heterocycles. The monoisotopic (exact) mass is 244 g/mol. The van der Waals surface area contributed by atoms with Gasteiger partial charge in [-0.2, -0.15) is 0 Å². The van der Waals surface area contributed by atoms with Gasteiger partial charge in [-0.05, 0) is 47.1 Å². The van der Waals surface area contributed by atoms with Crippen LogP contribution in [0, 0.1) is 5.92 Å². The number of nitrogens with zero attached hydrogens (tertiary/aromatic N) is 1. The molecule has 0 aromatic rings. The molecule has 0 radical (unpaired) electrons. The van der Waals surface area contributed by atoms with Crippen molar-refractivity contribution in [2.45, 2.75) is 65.6 Å². The third kappa shape index (κ3) is 9.57. The zero-order chi connectivity index (χ0) is 13.6. The lowest BCUT2D eigenvalue weighted by Gasteiger charge is -2.29. The van der Waals surface area contributed by atoms with Gasteiger partial charge in [0.15, 0.2) is 0 Å². The summed E-state index contributed by atoms with van der Waals surface area (Å²) in [6, 6.07) is 0.527. The van der Waals surface area contributed by atoms with Crippen LogP contribution < -0.4 is 5.32 Å². The quantitative estimate of drug-likeness (QED) is 0.720. The van der Waals surface area contributed by atoms with Crippen molar-refractivity contribution in [2.75, 3.05) is 20.1 Å². The largest absolute Gasteiger partial charge is 0.390 e. The van der Waals surface area contributed by atoms with Crippen molar-refractivity contribution >= 4 is 0 Å². The molecule has 0 amide bonds. The van der Waals surface area contributed by atoms with Crippen molar-refractivity contribution in [3.63, 3.8) is 0 Å². The topological polar surface area (TPSA) is 35.5 Å². The molecular formula is C14H32N2O. The van der Waals surface area contributed by atoms with E-state index in [9.17, 15) is 5.11 Å². The molecule has 0 fully saturated rings.